The van der Waals surface area contributed by atoms with Gasteiger partial charge in [-0.05, 0) is 71.5 Å². The van der Waals surface area contributed by atoms with Gasteiger partial charge in [-0.15, -0.1) is 0 Å². The number of nitrogens with zero attached hydrogens (tertiary/aromatic N) is 2. The van der Waals surface area contributed by atoms with Crippen LogP contribution in [0.15, 0.2) is 47.1 Å². The zero-order chi connectivity index (χ0) is 19.2. The number of nitrogens with one attached hydrogen (secondary N) is 1. The molecule has 140 valence electrons. The number of carbonyl (C=O) groups excluding carboxylic acids is 1. The molecule has 6 heteroatoms. The molecule has 0 aliphatic rings. The summed E-state index contributed by atoms with van der Waals surface area (Å²) in [5, 5.41) is 10.7. The predicted molar refractivity (Wildman–Crippen MR) is 104 cm³/mol. The van der Waals surface area contributed by atoms with Gasteiger partial charge in [-0.25, -0.2) is 4.63 Å². The average molecular weight is 365 g/mol. The van der Waals surface area contributed by atoms with E-state index in [9.17, 15) is 4.79 Å². The lowest BCUT2D eigenvalue weighted by Gasteiger charge is -2.09. The Labute approximate surface area is 158 Å². The maximum absolute atomic E-state index is 12.6. The largest absolute Gasteiger partial charge is 0.494 e. The summed E-state index contributed by atoms with van der Waals surface area (Å²) in [4.78, 5) is 12.6. The van der Waals surface area contributed by atoms with Crippen LogP contribution in [0, 0.1) is 0 Å². The fourth-order valence-corrected chi connectivity index (χ4v) is 2.87. The van der Waals surface area contributed by atoms with Gasteiger partial charge in [-0.3, -0.25) is 4.79 Å². The molecule has 1 aromatic heterocycles. The number of aryl methyl sites for hydroxylation is 2. The summed E-state index contributed by atoms with van der Waals surface area (Å²) in [7, 11) is 0. The van der Waals surface area contributed by atoms with E-state index in [1.165, 1.54) is 5.56 Å². The minimum absolute atomic E-state index is 0.278. The number of carbonyl (C=O) groups is 1. The molecule has 0 atom stereocenters. The lowest BCUT2D eigenvalue weighted by atomic mass is 9.98. The van der Waals surface area contributed by atoms with Crippen molar-refractivity contribution in [1.29, 1.82) is 0 Å². The minimum Gasteiger partial charge on any atom is -0.494 e. The van der Waals surface area contributed by atoms with Gasteiger partial charge in [0, 0.05) is 11.1 Å². The Morgan fingerprint density at radius 3 is 2.48 bits per heavy atom. The van der Waals surface area contributed by atoms with E-state index in [0.29, 0.717) is 23.7 Å². The topological polar surface area (TPSA) is 77.2 Å². The van der Waals surface area contributed by atoms with Gasteiger partial charge < -0.3 is 10.1 Å². The number of hydrogen-bond donors (Lipinski definition) is 1. The first-order valence-electron chi connectivity index (χ1n) is 9.15. The molecule has 3 rings (SSSR count). The first-order valence-corrected chi connectivity index (χ1v) is 9.15. The van der Waals surface area contributed by atoms with Crippen LogP contribution >= 0.6 is 0 Å². The molecule has 0 spiro atoms. The van der Waals surface area contributed by atoms with Gasteiger partial charge in [-0.1, -0.05) is 26.0 Å². The van der Waals surface area contributed by atoms with Crippen LogP contribution in [0.4, 0.5) is 5.82 Å². The standard InChI is InChI=1S/C21H23N3O3/c1-4-14-7-8-15(5-2)18(13-14)19-20(24-27-23-19)22-21(25)16-9-11-17(12-10-16)26-6-3/h7-13H,4-6H2,1-3H3,(H,22,24,25). The number of rotatable bonds is 7. The van der Waals surface area contributed by atoms with Crippen molar-refractivity contribution in [3.63, 3.8) is 0 Å². The lowest BCUT2D eigenvalue weighted by molar-refractivity contribution is 0.102. The minimum atomic E-state index is -0.278. The normalized spacial score (nSPS) is 10.6. The van der Waals surface area contributed by atoms with E-state index < -0.39 is 0 Å². The summed E-state index contributed by atoms with van der Waals surface area (Å²) in [6.45, 7) is 6.67. The van der Waals surface area contributed by atoms with Crippen LogP contribution in [0.25, 0.3) is 11.3 Å². The summed E-state index contributed by atoms with van der Waals surface area (Å²) in [6.07, 6.45) is 1.76. The van der Waals surface area contributed by atoms with Crippen LogP contribution in [0.1, 0.15) is 42.3 Å². The highest BCUT2D eigenvalue weighted by Gasteiger charge is 2.18. The molecule has 1 amide bonds. The molecular weight excluding hydrogens is 342 g/mol. The number of ether oxygens (including phenoxy) is 1. The highest BCUT2D eigenvalue weighted by Crippen LogP contribution is 2.29. The Morgan fingerprint density at radius 1 is 1.04 bits per heavy atom. The summed E-state index contributed by atoms with van der Waals surface area (Å²) in [6, 6.07) is 13.2. The molecule has 0 aliphatic carbocycles. The van der Waals surface area contributed by atoms with E-state index in [-0.39, 0.29) is 5.91 Å². The Morgan fingerprint density at radius 2 is 1.81 bits per heavy atom. The van der Waals surface area contributed by atoms with Crippen molar-refractivity contribution in [2.75, 3.05) is 11.9 Å². The smallest absolute Gasteiger partial charge is 0.256 e. The molecule has 2 aromatic carbocycles. The van der Waals surface area contributed by atoms with Crippen molar-refractivity contribution in [1.82, 2.24) is 10.3 Å². The zero-order valence-corrected chi connectivity index (χ0v) is 15.8. The van der Waals surface area contributed by atoms with Gasteiger partial charge in [0.1, 0.15) is 5.75 Å². The third-order valence-corrected chi connectivity index (χ3v) is 4.37. The maximum atomic E-state index is 12.6. The number of anilines is 1. The van der Waals surface area contributed by atoms with E-state index >= 15 is 0 Å². The molecule has 1 N–H and O–H groups in total. The van der Waals surface area contributed by atoms with Crippen LogP contribution in [-0.4, -0.2) is 22.8 Å². The quantitative estimate of drug-likeness (QED) is 0.666. The van der Waals surface area contributed by atoms with Crippen LogP contribution in [0.2, 0.25) is 0 Å². The molecule has 1 heterocycles. The molecule has 0 bridgehead atoms. The van der Waals surface area contributed by atoms with Crippen molar-refractivity contribution in [3.05, 3.63) is 59.2 Å². The first kappa shape index (κ1) is 18.6. The molecule has 27 heavy (non-hydrogen) atoms. The fraction of sp³-hybridized carbons (Fsp3) is 0.286. The van der Waals surface area contributed by atoms with Gasteiger partial charge in [0.25, 0.3) is 5.91 Å². The highest BCUT2D eigenvalue weighted by atomic mass is 16.6. The van der Waals surface area contributed by atoms with Gasteiger partial charge in [0.2, 0.25) is 5.82 Å². The van der Waals surface area contributed by atoms with Crippen molar-refractivity contribution < 1.29 is 14.2 Å². The molecule has 0 unspecified atom stereocenters. The number of aromatic nitrogens is 2. The van der Waals surface area contributed by atoms with Crippen LogP contribution in [-0.2, 0) is 12.8 Å². The zero-order valence-electron chi connectivity index (χ0n) is 15.8. The third-order valence-electron chi connectivity index (χ3n) is 4.37. The predicted octanol–water partition coefficient (Wildman–Crippen LogP) is 4.51. The van der Waals surface area contributed by atoms with Crippen molar-refractivity contribution >= 4 is 11.7 Å². The van der Waals surface area contributed by atoms with E-state index in [1.54, 1.807) is 24.3 Å². The summed E-state index contributed by atoms with van der Waals surface area (Å²) < 4.78 is 10.3. The molecule has 6 nitrogen and oxygen atoms in total. The van der Waals surface area contributed by atoms with Crippen LogP contribution in [0.3, 0.4) is 0 Å². The van der Waals surface area contributed by atoms with E-state index in [1.807, 2.05) is 6.92 Å². The fourth-order valence-electron chi connectivity index (χ4n) is 2.87. The third kappa shape index (κ3) is 4.16. The highest BCUT2D eigenvalue weighted by molar-refractivity contribution is 6.05. The van der Waals surface area contributed by atoms with Gasteiger partial charge >= 0.3 is 0 Å². The number of hydrogen-bond acceptors (Lipinski definition) is 5. The van der Waals surface area contributed by atoms with E-state index in [2.05, 4.69) is 47.7 Å². The molecule has 0 saturated heterocycles. The number of benzene rings is 2. The Balaban J connectivity index is 1.86. The van der Waals surface area contributed by atoms with E-state index in [4.69, 9.17) is 9.37 Å². The van der Waals surface area contributed by atoms with Crippen LogP contribution in [0.5, 0.6) is 5.75 Å². The maximum Gasteiger partial charge on any atom is 0.256 e. The SMILES string of the molecule is CCOc1ccc(C(=O)Nc2nonc2-c2cc(CC)ccc2CC)cc1. The van der Waals surface area contributed by atoms with Crippen LogP contribution < -0.4 is 10.1 Å². The second-order valence-electron chi connectivity index (χ2n) is 6.07. The average Bonchev–Trinajstić information content (AvgIpc) is 3.16. The molecule has 0 radical (unpaired) electrons. The molecule has 0 aliphatic heterocycles. The first-order chi connectivity index (χ1) is 13.2. The van der Waals surface area contributed by atoms with Gasteiger partial charge in [-0.2, -0.15) is 0 Å². The molecule has 0 fully saturated rings. The monoisotopic (exact) mass is 365 g/mol. The van der Waals surface area contributed by atoms with Gasteiger partial charge in [0.15, 0.2) is 5.69 Å². The lowest BCUT2D eigenvalue weighted by Crippen LogP contribution is -2.13. The number of amides is 1. The van der Waals surface area contributed by atoms with E-state index in [0.717, 1.165) is 29.7 Å². The summed E-state index contributed by atoms with van der Waals surface area (Å²) in [5.74, 6) is 0.762. The Bertz CT molecular complexity index is 917. The Hall–Kier alpha value is -3.15. The van der Waals surface area contributed by atoms with Gasteiger partial charge in [0.05, 0.1) is 6.61 Å². The van der Waals surface area contributed by atoms with Crippen molar-refractivity contribution in [3.8, 4) is 17.0 Å². The second kappa shape index (κ2) is 8.49. The molecular formula is C21H23N3O3. The molecule has 0 saturated carbocycles. The summed E-state index contributed by atoms with van der Waals surface area (Å²) in [5.41, 5.74) is 4.29. The second-order valence-corrected chi connectivity index (χ2v) is 6.07. The summed E-state index contributed by atoms with van der Waals surface area (Å²) >= 11 is 0. The van der Waals surface area contributed by atoms with Crippen molar-refractivity contribution in [2.45, 2.75) is 33.6 Å². The Kier molecular flexibility index (Phi) is 5.86. The van der Waals surface area contributed by atoms with Crippen molar-refractivity contribution in [2.24, 2.45) is 0 Å². The molecule has 3 aromatic rings.